The second-order valence-corrected chi connectivity index (χ2v) is 6.49. The van der Waals surface area contributed by atoms with Crippen LogP contribution in [0.1, 0.15) is 37.4 Å². The predicted octanol–water partition coefficient (Wildman–Crippen LogP) is 4.77. The predicted molar refractivity (Wildman–Crippen MR) is 88.5 cm³/mol. The smallest absolute Gasteiger partial charge is 0.157 e. The van der Waals surface area contributed by atoms with Gasteiger partial charge in [-0.05, 0) is 18.4 Å². The molecule has 0 fully saturated rings. The maximum atomic E-state index is 6.19. The SMILES string of the molecule is CCc1c(-c2csc(C(N)C(C)C)n2)oc2ccccc12. The summed E-state index contributed by atoms with van der Waals surface area (Å²) in [5, 5.41) is 4.20. The van der Waals surface area contributed by atoms with Crippen molar-refractivity contribution in [2.24, 2.45) is 11.7 Å². The van der Waals surface area contributed by atoms with Crippen molar-refractivity contribution in [2.45, 2.75) is 33.2 Å². The molecule has 1 unspecified atom stereocenters. The van der Waals surface area contributed by atoms with Gasteiger partial charge in [0.2, 0.25) is 0 Å². The van der Waals surface area contributed by atoms with Crippen molar-refractivity contribution in [2.75, 3.05) is 0 Å². The summed E-state index contributed by atoms with van der Waals surface area (Å²) in [6.45, 7) is 6.38. The van der Waals surface area contributed by atoms with Crippen LogP contribution in [0.15, 0.2) is 34.1 Å². The number of para-hydroxylation sites is 1. The van der Waals surface area contributed by atoms with E-state index in [-0.39, 0.29) is 6.04 Å². The molecule has 0 aliphatic heterocycles. The number of aromatic nitrogens is 1. The Bertz CT molecular complexity index is 757. The van der Waals surface area contributed by atoms with Gasteiger partial charge in [0.1, 0.15) is 16.3 Å². The van der Waals surface area contributed by atoms with Crippen LogP contribution in [-0.2, 0) is 6.42 Å². The van der Waals surface area contributed by atoms with Gasteiger partial charge in [-0.25, -0.2) is 4.98 Å². The van der Waals surface area contributed by atoms with Gasteiger partial charge >= 0.3 is 0 Å². The van der Waals surface area contributed by atoms with Crippen LogP contribution in [-0.4, -0.2) is 4.98 Å². The topological polar surface area (TPSA) is 52.0 Å². The Morgan fingerprint density at radius 1 is 1.29 bits per heavy atom. The fourth-order valence-electron chi connectivity index (χ4n) is 2.49. The summed E-state index contributed by atoms with van der Waals surface area (Å²) in [6.07, 6.45) is 0.926. The van der Waals surface area contributed by atoms with E-state index in [0.717, 1.165) is 28.5 Å². The summed E-state index contributed by atoms with van der Waals surface area (Å²) < 4.78 is 6.03. The molecular formula is C17H20N2OS. The first-order chi connectivity index (χ1) is 10.1. The monoisotopic (exact) mass is 300 g/mol. The molecule has 2 N–H and O–H groups in total. The normalized spacial score (nSPS) is 13.2. The van der Waals surface area contributed by atoms with Gasteiger partial charge < -0.3 is 10.2 Å². The van der Waals surface area contributed by atoms with E-state index in [1.54, 1.807) is 11.3 Å². The maximum absolute atomic E-state index is 6.19. The minimum Gasteiger partial charge on any atom is -0.454 e. The molecule has 0 spiro atoms. The van der Waals surface area contributed by atoms with E-state index >= 15 is 0 Å². The van der Waals surface area contributed by atoms with E-state index in [1.807, 2.05) is 18.2 Å². The molecule has 3 rings (SSSR count). The summed E-state index contributed by atoms with van der Waals surface area (Å²) in [6, 6.07) is 8.13. The molecule has 0 radical (unpaired) electrons. The number of nitrogens with two attached hydrogens (primary N) is 1. The lowest BCUT2D eigenvalue weighted by Crippen LogP contribution is -2.16. The number of nitrogens with zero attached hydrogens (tertiary/aromatic N) is 1. The number of benzene rings is 1. The van der Waals surface area contributed by atoms with Gasteiger partial charge in [-0.2, -0.15) is 0 Å². The van der Waals surface area contributed by atoms with Crippen LogP contribution < -0.4 is 5.73 Å². The van der Waals surface area contributed by atoms with E-state index in [4.69, 9.17) is 15.1 Å². The Kier molecular flexibility index (Phi) is 3.83. The molecule has 0 bridgehead atoms. The number of rotatable bonds is 4. The summed E-state index contributed by atoms with van der Waals surface area (Å²) in [5.74, 6) is 1.27. The van der Waals surface area contributed by atoms with Crippen LogP contribution in [0.3, 0.4) is 0 Å². The second-order valence-electron chi connectivity index (χ2n) is 5.60. The molecular weight excluding hydrogens is 280 g/mol. The molecule has 2 aromatic heterocycles. The first-order valence-electron chi connectivity index (χ1n) is 7.33. The molecule has 1 atom stereocenters. The third kappa shape index (κ3) is 2.49. The molecule has 3 nitrogen and oxygen atoms in total. The second kappa shape index (κ2) is 5.62. The first kappa shape index (κ1) is 14.3. The molecule has 3 aromatic rings. The van der Waals surface area contributed by atoms with Crippen molar-refractivity contribution >= 4 is 22.3 Å². The van der Waals surface area contributed by atoms with E-state index in [1.165, 1.54) is 10.9 Å². The van der Waals surface area contributed by atoms with Gasteiger partial charge in [0.15, 0.2) is 5.76 Å². The van der Waals surface area contributed by atoms with Crippen LogP contribution in [0.4, 0.5) is 0 Å². The highest BCUT2D eigenvalue weighted by molar-refractivity contribution is 7.10. The summed E-state index contributed by atoms with van der Waals surface area (Å²) in [5.41, 5.74) is 9.24. The molecule has 0 aliphatic rings. The highest BCUT2D eigenvalue weighted by atomic mass is 32.1. The quantitative estimate of drug-likeness (QED) is 0.754. The molecule has 1 aromatic carbocycles. The maximum Gasteiger partial charge on any atom is 0.157 e. The van der Waals surface area contributed by atoms with Crippen molar-refractivity contribution in [3.05, 3.63) is 40.2 Å². The molecule has 2 heterocycles. The molecule has 0 saturated carbocycles. The highest BCUT2D eigenvalue weighted by Gasteiger charge is 2.19. The van der Waals surface area contributed by atoms with Gasteiger partial charge in [0.05, 0.1) is 6.04 Å². The minimum atomic E-state index is -0.0156. The van der Waals surface area contributed by atoms with E-state index in [0.29, 0.717) is 5.92 Å². The van der Waals surface area contributed by atoms with Crippen molar-refractivity contribution < 1.29 is 4.42 Å². The van der Waals surface area contributed by atoms with Crippen molar-refractivity contribution in [3.63, 3.8) is 0 Å². The highest BCUT2D eigenvalue weighted by Crippen LogP contribution is 2.35. The zero-order valence-electron chi connectivity index (χ0n) is 12.6. The van der Waals surface area contributed by atoms with Gasteiger partial charge in [0, 0.05) is 16.3 Å². The molecule has 21 heavy (non-hydrogen) atoms. The Morgan fingerprint density at radius 3 is 2.76 bits per heavy atom. The summed E-state index contributed by atoms with van der Waals surface area (Å²) in [7, 11) is 0. The summed E-state index contributed by atoms with van der Waals surface area (Å²) >= 11 is 1.61. The van der Waals surface area contributed by atoms with Crippen LogP contribution in [0.2, 0.25) is 0 Å². The van der Waals surface area contributed by atoms with Gasteiger partial charge in [-0.3, -0.25) is 0 Å². The lowest BCUT2D eigenvalue weighted by Gasteiger charge is -2.11. The van der Waals surface area contributed by atoms with Crippen LogP contribution in [0.25, 0.3) is 22.4 Å². The lowest BCUT2D eigenvalue weighted by atomic mass is 10.1. The van der Waals surface area contributed by atoms with E-state index in [9.17, 15) is 0 Å². The number of hydrogen-bond acceptors (Lipinski definition) is 4. The third-order valence-corrected chi connectivity index (χ3v) is 4.76. The van der Waals surface area contributed by atoms with Crippen LogP contribution >= 0.6 is 11.3 Å². The fraction of sp³-hybridized carbons (Fsp3) is 0.353. The molecule has 0 aliphatic carbocycles. The standard InChI is InChI=1S/C17H20N2OS/c1-4-11-12-7-5-6-8-14(12)20-16(11)13-9-21-17(19-13)15(18)10(2)3/h5-10,15H,4,18H2,1-3H3. The number of hydrogen-bond donors (Lipinski definition) is 1. The number of fused-ring (bicyclic) bond motifs is 1. The Labute approximate surface area is 128 Å². The van der Waals surface area contributed by atoms with Crippen LogP contribution in [0, 0.1) is 5.92 Å². The Hall–Kier alpha value is -1.65. The zero-order valence-corrected chi connectivity index (χ0v) is 13.4. The molecule has 0 amide bonds. The minimum absolute atomic E-state index is 0.0156. The fourth-order valence-corrected chi connectivity index (χ4v) is 3.46. The van der Waals surface area contributed by atoms with E-state index in [2.05, 4.69) is 32.2 Å². The zero-order chi connectivity index (χ0) is 15.0. The van der Waals surface area contributed by atoms with Crippen molar-refractivity contribution in [1.82, 2.24) is 4.98 Å². The van der Waals surface area contributed by atoms with Crippen molar-refractivity contribution in [3.8, 4) is 11.5 Å². The van der Waals surface area contributed by atoms with Crippen molar-refractivity contribution in [1.29, 1.82) is 0 Å². The Morgan fingerprint density at radius 2 is 2.05 bits per heavy atom. The average Bonchev–Trinajstić information content (AvgIpc) is 3.10. The summed E-state index contributed by atoms with van der Waals surface area (Å²) in [4.78, 5) is 4.71. The lowest BCUT2D eigenvalue weighted by molar-refractivity contribution is 0.512. The molecule has 4 heteroatoms. The number of aryl methyl sites for hydroxylation is 1. The number of furan rings is 1. The largest absolute Gasteiger partial charge is 0.454 e. The Balaban J connectivity index is 2.08. The molecule has 110 valence electrons. The molecule has 0 saturated heterocycles. The van der Waals surface area contributed by atoms with Gasteiger partial charge in [0.25, 0.3) is 0 Å². The van der Waals surface area contributed by atoms with E-state index < -0.39 is 0 Å². The number of thiazole rings is 1. The first-order valence-corrected chi connectivity index (χ1v) is 8.21. The van der Waals surface area contributed by atoms with Gasteiger partial charge in [-0.1, -0.05) is 39.0 Å². The van der Waals surface area contributed by atoms with Gasteiger partial charge in [-0.15, -0.1) is 11.3 Å². The third-order valence-electron chi connectivity index (χ3n) is 3.81. The average molecular weight is 300 g/mol. The van der Waals surface area contributed by atoms with Crippen LogP contribution in [0.5, 0.6) is 0 Å².